The van der Waals surface area contributed by atoms with Gasteiger partial charge in [0.1, 0.15) is 0 Å². The van der Waals surface area contributed by atoms with Gasteiger partial charge in [0.25, 0.3) is 0 Å². The number of aromatic nitrogens is 1. The van der Waals surface area contributed by atoms with E-state index in [0.29, 0.717) is 24.4 Å². The number of carbonyl (C=O) groups excluding carboxylic acids is 1. The molecular formula is C17H25N3O. The molecule has 0 aliphatic carbocycles. The lowest BCUT2D eigenvalue weighted by atomic mass is 9.89. The summed E-state index contributed by atoms with van der Waals surface area (Å²) in [6, 6.07) is 5.39. The topological polar surface area (TPSA) is 54.0 Å². The van der Waals surface area contributed by atoms with Crippen LogP contribution < -0.4 is 10.6 Å². The molecule has 0 radical (unpaired) electrons. The lowest BCUT2D eigenvalue weighted by Gasteiger charge is -2.29. The molecule has 4 heteroatoms. The first-order valence-electron chi connectivity index (χ1n) is 8.20. The molecule has 2 N–H and O–H groups in total. The standard InChI is InChI=1S/C17H25N3O/c1-2-16(13-5-7-18-8-6-13)20-17(21)11-12-9-14-3-4-15(10-12)19-14/h5-8,12,14-16,19H,2-4,9-11H2,1H3,(H,20,21). The first-order valence-corrected chi connectivity index (χ1v) is 8.20. The molecule has 3 heterocycles. The minimum atomic E-state index is 0.110. The molecule has 0 saturated carbocycles. The molecule has 2 aliphatic heterocycles. The van der Waals surface area contributed by atoms with Crippen LogP contribution >= 0.6 is 0 Å². The Bertz CT molecular complexity index is 464. The predicted octanol–water partition coefficient (Wildman–Crippen LogP) is 2.57. The highest BCUT2D eigenvalue weighted by Crippen LogP contribution is 2.32. The van der Waals surface area contributed by atoms with Gasteiger partial charge in [-0.3, -0.25) is 9.78 Å². The van der Waals surface area contributed by atoms with E-state index in [2.05, 4.69) is 22.5 Å². The van der Waals surface area contributed by atoms with Crippen LogP contribution in [-0.2, 0) is 4.79 Å². The summed E-state index contributed by atoms with van der Waals surface area (Å²) < 4.78 is 0. The van der Waals surface area contributed by atoms with Crippen molar-refractivity contribution < 1.29 is 4.79 Å². The van der Waals surface area contributed by atoms with E-state index in [4.69, 9.17) is 0 Å². The maximum atomic E-state index is 12.3. The lowest BCUT2D eigenvalue weighted by molar-refractivity contribution is -0.123. The molecule has 4 nitrogen and oxygen atoms in total. The van der Waals surface area contributed by atoms with Crippen LogP contribution in [0, 0.1) is 5.92 Å². The second-order valence-electron chi connectivity index (χ2n) is 6.49. The van der Waals surface area contributed by atoms with Gasteiger partial charge in [-0.2, -0.15) is 0 Å². The summed E-state index contributed by atoms with van der Waals surface area (Å²) in [6.45, 7) is 2.11. The summed E-state index contributed by atoms with van der Waals surface area (Å²) in [5.74, 6) is 0.753. The van der Waals surface area contributed by atoms with E-state index in [-0.39, 0.29) is 11.9 Å². The highest BCUT2D eigenvalue weighted by molar-refractivity contribution is 5.76. The first kappa shape index (κ1) is 14.5. The van der Waals surface area contributed by atoms with Gasteiger partial charge in [0.15, 0.2) is 0 Å². The Kier molecular flexibility index (Phi) is 4.54. The molecule has 2 aliphatic rings. The van der Waals surface area contributed by atoms with Gasteiger partial charge in [0, 0.05) is 30.9 Å². The summed E-state index contributed by atoms with van der Waals surface area (Å²) in [6.07, 6.45) is 10.1. The summed E-state index contributed by atoms with van der Waals surface area (Å²) in [4.78, 5) is 16.4. The van der Waals surface area contributed by atoms with E-state index in [1.807, 2.05) is 12.1 Å². The van der Waals surface area contributed by atoms with Crippen molar-refractivity contribution in [3.63, 3.8) is 0 Å². The third kappa shape index (κ3) is 3.62. The average Bonchev–Trinajstić information content (AvgIpc) is 2.84. The third-order valence-corrected chi connectivity index (χ3v) is 4.90. The fourth-order valence-electron chi connectivity index (χ4n) is 3.87. The maximum absolute atomic E-state index is 12.3. The van der Waals surface area contributed by atoms with E-state index in [1.165, 1.54) is 12.8 Å². The number of fused-ring (bicyclic) bond motifs is 2. The van der Waals surface area contributed by atoms with Crippen molar-refractivity contribution in [2.75, 3.05) is 0 Å². The molecule has 114 valence electrons. The van der Waals surface area contributed by atoms with Gasteiger partial charge in [-0.25, -0.2) is 0 Å². The van der Waals surface area contributed by atoms with E-state index < -0.39 is 0 Å². The number of carbonyl (C=O) groups is 1. The quantitative estimate of drug-likeness (QED) is 0.875. The Balaban J connectivity index is 1.53. The molecule has 3 rings (SSSR count). The summed E-state index contributed by atoms with van der Waals surface area (Å²) in [5, 5.41) is 6.83. The molecule has 1 amide bonds. The number of rotatable bonds is 5. The van der Waals surface area contributed by atoms with Gasteiger partial charge in [0.05, 0.1) is 6.04 Å². The summed E-state index contributed by atoms with van der Waals surface area (Å²) >= 11 is 0. The van der Waals surface area contributed by atoms with Crippen LogP contribution in [0.25, 0.3) is 0 Å². The number of nitrogens with zero attached hydrogens (tertiary/aromatic N) is 1. The van der Waals surface area contributed by atoms with E-state index >= 15 is 0 Å². The van der Waals surface area contributed by atoms with Crippen LogP contribution in [0.5, 0.6) is 0 Å². The number of piperidine rings is 1. The maximum Gasteiger partial charge on any atom is 0.220 e. The van der Waals surface area contributed by atoms with Gasteiger partial charge in [-0.05, 0) is 55.7 Å². The highest BCUT2D eigenvalue weighted by Gasteiger charge is 2.34. The molecule has 21 heavy (non-hydrogen) atoms. The van der Waals surface area contributed by atoms with E-state index in [0.717, 1.165) is 24.8 Å². The number of hydrogen-bond donors (Lipinski definition) is 2. The van der Waals surface area contributed by atoms with Crippen molar-refractivity contribution in [1.29, 1.82) is 0 Å². The van der Waals surface area contributed by atoms with Crippen molar-refractivity contribution in [2.24, 2.45) is 5.92 Å². The van der Waals surface area contributed by atoms with Crippen LogP contribution in [0.3, 0.4) is 0 Å². The van der Waals surface area contributed by atoms with Crippen LogP contribution in [0.2, 0.25) is 0 Å². The van der Waals surface area contributed by atoms with E-state index in [1.54, 1.807) is 12.4 Å². The van der Waals surface area contributed by atoms with Crippen LogP contribution in [0.4, 0.5) is 0 Å². The fourth-order valence-corrected chi connectivity index (χ4v) is 3.87. The van der Waals surface area contributed by atoms with Gasteiger partial charge in [-0.1, -0.05) is 6.92 Å². The number of nitrogens with one attached hydrogen (secondary N) is 2. The normalized spacial score (nSPS) is 29.1. The molecule has 1 aromatic heterocycles. The van der Waals surface area contributed by atoms with Crippen molar-refractivity contribution in [1.82, 2.24) is 15.6 Å². The number of pyridine rings is 1. The zero-order valence-corrected chi connectivity index (χ0v) is 12.7. The van der Waals surface area contributed by atoms with Crippen molar-refractivity contribution >= 4 is 5.91 Å². The van der Waals surface area contributed by atoms with Crippen LogP contribution in [0.1, 0.15) is 57.1 Å². The molecule has 2 saturated heterocycles. The molecular weight excluding hydrogens is 262 g/mol. The SMILES string of the molecule is CCC(NC(=O)CC1CC2CCC(C1)N2)c1ccncc1. The molecule has 2 bridgehead atoms. The Morgan fingerprint density at radius 2 is 2.00 bits per heavy atom. The Morgan fingerprint density at radius 1 is 1.33 bits per heavy atom. The van der Waals surface area contributed by atoms with Crippen molar-refractivity contribution in [2.45, 2.75) is 63.6 Å². The zero-order chi connectivity index (χ0) is 14.7. The fraction of sp³-hybridized carbons (Fsp3) is 0.647. The Morgan fingerprint density at radius 3 is 2.62 bits per heavy atom. The molecule has 3 unspecified atom stereocenters. The molecule has 0 spiro atoms. The van der Waals surface area contributed by atoms with Gasteiger partial charge in [0.2, 0.25) is 5.91 Å². The minimum Gasteiger partial charge on any atom is -0.349 e. The smallest absolute Gasteiger partial charge is 0.220 e. The summed E-state index contributed by atoms with van der Waals surface area (Å²) in [7, 11) is 0. The Hall–Kier alpha value is -1.42. The van der Waals surface area contributed by atoms with E-state index in [9.17, 15) is 4.79 Å². The zero-order valence-electron chi connectivity index (χ0n) is 12.7. The largest absolute Gasteiger partial charge is 0.349 e. The third-order valence-electron chi connectivity index (χ3n) is 4.90. The first-order chi connectivity index (χ1) is 10.2. The molecule has 3 atom stereocenters. The number of amides is 1. The lowest BCUT2D eigenvalue weighted by Crippen LogP contribution is -2.40. The monoisotopic (exact) mass is 287 g/mol. The molecule has 1 aromatic rings. The second-order valence-corrected chi connectivity index (χ2v) is 6.49. The van der Waals surface area contributed by atoms with Crippen LogP contribution in [0.15, 0.2) is 24.5 Å². The Labute approximate surface area is 126 Å². The summed E-state index contributed by atoms with van der Waals surface area (Å²) in [5.41, 5.74) is 1.14. The molecule has 2 fully saturated rings. The average molecular weight is 287 g/mol. The number of hydrogen-bond acceptors (Lipinski definition) is 3. The van der Waals surface area contributed by atoms with Gasteiger partial charge < -0.3 is 10.6 Å². The van der Waals surface area contributed by atoms with Gasteiger partial charge >= 0.3 is 0 Å². The van der Waals surface area contributed by atoms with Crippen LogP contribution in [-0.4, -0.2) is 23.0 Å². The molecule has 0 aromatic carbocycles. The highest BCUT2D eigenvalue weighted by atomic mass is 16.1. The van der Waals surface area contributed by atoms with Crippen molar-refractivity contribution in [3.05, 3.63) is 30.1 Å². The minimum absolute atomic E-state index is 0.110. The second kappa shape index (κ2) is 6.56. The van der Waals surface area contributed by atoms with Gasteiger partial charge in [-0.15, -0.1) is 0 Å². The predicted molar refractivity (Wildman–Crippen MR) is 82.7 cm³/mol. The van der Waals surface area contributed by atoms with Crippen molar-refractivity contribution in [3.8, 4) is 0 Å².